The Hall–Kier alpha value is -3.21. The van der Waals surface area contributed by atoms with Crippen molar-refractivity contribution in [3.05, 3.63) is 41.3 Å². The molecule has 2 heterocycles. The molecule has 268 valence electrons. The molecule has 13 nitrogen and oxygen atoms in total. The van der Waals surface area contributed by atoms with Crippen LogP contribution in [0.15, 0.2) is 51.4 Å². The third-order valence-corrected chi connectivity index (χ3v) is 13.3. The maximum Gasteiger partial charge on any atom is 0.323 e. The van der Waals surface area contributed by atoms with Crippen LogP contribution in [0, 0.1) is 34.5 Å². The number of anilines is 1. The molecule has 0 radical (unpaired) electrons. The summed E-state index contributed by atoms with van der Waals surface area (Å²) in [5, 5.41) is 15.4. The molecule has 0 unspecified atom stereocenters. The predicted octanol–water partition coefficient (Wildman–Crippen LogP) is 6.02. The molecule has 0 aliphatic carbocycles. The smallest absolute Gasteiger partial charge is 0.323 e. The number of benzene rings is 3. The van der Waals surface area contributed by atoms with Crippen LogP contribution in [-0.2, 0) is 29.8 Å². The second-order valence-electron chi connectivity index (χ2n) is 14.5. The highest BCUT2D eigenvalue weighted by Gasteiger charge is 2.34. The number of sulfonamides is 2. The Morgan fingerprint density at radius 2 is 1.22 bits per heavy atom. The van der Waals surface area contributed by atoms with E-state index in [0.29, 0.717) is 37.0 Å². The lowest BCUT2D eigenvalue weighted by molar-refractivity contribution is -0.180. The Balaban J connectivity index is 1.72. The number of hydrogen-bond donors (Lipinski definition) is 2. The molecule has 0 bridgehead atoms. The fourth-order valence-electron chi connectivity index (χ4n) is 7.63. The number of nitroso groups, excluding NO2 is 1. The molecule has 2 fully saturated rings. The number of carbonyl (C=O) groups is 1. The predicted molar refractivity (Wildman–Crippen MR) is 189 cm³/mol. The summed E-state index contributed by atoms with van der Waals surface area (Å²) in [6, 6.07) is 7.71. The number of piperidine rings is 2. The first-order valence-electron chi connectivity index (χ1n) is 16.7. The van der Waals surface area contributed by atoms with Gasteiger partial charge < -0.3 is 5.11 Å². The summed E-state index contributed by atoms with van der Waals surface area (Å²) in [4.78, 5) is 30.3. The first-order chi connectivity index (χ1) is 22.9. The Kier molecular flexibility index (Phi) is 10.7. The Morgan fingerprint density at radius 3 is 1.57 bits per heavy atom. The average molecular weight is 718 g/mol. The largest absolute Gasteiger partial charge is 0.480 e. The van der Waals surface area contributed by atoms with Gasteiger partial charge in [0.15, 0.2) is 0 Å². The first kappa shape index (κ1) is 37.1. The number of hydroxylamine groups is 2. The van der Waals surface area contributed by atoms with E-state index in [0.717, 1.165) is 17.9 Å². The molecule has 5 atom stereocenters. The molecule has 0 amide bonds. The van der Waals surface area contributed by atoms with Gasteiger partial charge in [0, 0.05) is 54.8 Å². The molecule has 15 heteroatoms. The van der Waals surface area contributed by atoms with Gasteiger partial charge in [0.05, 0.1) is 15.5 Å². The summed E-state index contributed by atoms with van der Waals surface area (Å²) in [6.07, 6.45) is 1.83. The summed E-state index contributed by atoms with van der Waals surface area (Å²) < 4.78 is 58.9. The van der Waals surface area contributed by atoms with E-state index < -0.39 is 32.1 Å². The summed E-state index contributed by atoms with van der Waals surface area (Å²) in [6.45, 7) is 13.0. The van der Waals surface area contributed by atoms with E-state index in [2.05, 4.69) is 10.7 Å². The van der Waals surface area contributed by atoms with Crippen molar-refractivity contribution in [2.24, 2.45) is 34.8 Å². The van der Waals surface area contributed by atoms with Crippen molar-refractivity contribution in [3.8, 4) is 0 Å². The van der Waals surface area contributed by atoms with Gasteiger partial charge in [-0.05, 0) is 71.9 Å². The van der Waals surface area contributed by atoms with Crippen LogP contribution in [0.4, 0.5) is 11.4 Å². The lowest BCUT2D eigenvalue weighted by atomic mass is 9.94. The number of aliphatic carboxylic acids is 1. The zero-order valence-electron chi connectivity index (χ0n) is 29.1. The summed E-state index contributed by atoms with van der Waals surface area (Å²) in [7, 11) is -6.49. The van der Waals surface area contributed by atoms with Gasteiger partial charge in [-0.25, -0.2) is 22.3 Å². The standard InChI is InChI=1S/C34H47N5O8S2/c1-20(2)33(34(40)41)37(7)47-36-32-29-14-25(48(43,44)38-16-21(3)12-22(4)17-38)8-10-27(29)31(35-42)28-11-9-26(15-30(28)32)49(45,46)39-18-23(5)13-24(6)19-39/h8-11,14-15,20-24,33,36H,12-13,16-19H2,1-7H3,(H,40,41)/t21-,22+,23-,24+,33-/m0/s1. The lowest BCUT2D eigenvalue weighted by Crippen LogP contribution is -2.43. The van der Waals surface area contributed by atoms with E-state index >= 15 is 0 Å². The van der Waals surface area contributed by atoms with Crippen LogP contribution in [0.5, 0.6) is 0 Å². The van der Waals surface area contributed by atoms with E-state index in [1.807, 2.05) is 27.7 Å². The minimum Gasteiger partial charge on any atom is -0.480 e. The molecular weight excluding hydrogens is 671 g/mol. The van der Waals surface area contributed by atoms with Crippen molar-refractivity contribution in [1.29, 1.82) is 0 Å². The first-order valence-corrected chi connectivity index (χ1v) is 19.6. The number of likely N-dealkylation sites (N-methyl/N-ethyl adjacent to an activating group) is 1. The zero-order chi connectivity index (χ0) is 36.0. The number of nitrogens with zero attached hydrogens (tertiary/aromatic N) is 4. The number of fused-ring (bicyclic) bond motifs is 2. The number of hydrogen-bond acceptors (Lipinski definition) is 10. The highest BCUT2D eigenvalue weighted by atomic mass is 32.2. The van der Waals surface area contributed by atoms with Gasteiger partial charge in [-0.1, -0.05) is 53.7 Å². The highest BCUT2D eigenvalue weighted by molar-refractivity contribution is 7.89. The third-order valence-electron chi connectivity index (χ3n) is 9.64. The van der Waals surface area contributed by atoms with Crippen molar-refractivity contribution in [3.63, 3.8) is 0 Å². The minimum atomic E-state index is -3.97. The molecule has 0 saturated carbocycles. The summed E-state index contributed by atoms with van der Waals surface area (Å²) >= 11 is 0. The Bertz CT molecular complexity index is 1830. The van der Waals surface area contributed by atoms with Crippen LogP contribution < -0.4 is 5.48 Å². The number of nitrogens with one attached hydrogen (secondary N) is 1. The number of carboxylic acid groups (broad SMARTS) is 1. The van der Waals surface area contributed by atoms with Gasteiger partial charge in [-0.2, -0.15) is 18.6 Å². The molecule has 3 aromatic carbocycles. The SMILES string of the molecule is CC(C)[C@@H](C(=O)O)N(C)ONc1c2cc(S(=O)(=O)N3C[C@H](C)C[C@H](C)C3)ccc2c(N=O)c2ccc(S(=O)(=O)N3C[C@H](C)C[C@H](C)C3)cc12. The molecule has 2 N–H and O–H groups in total. The van der Waals surface area contributed by atoms with Crippen LogP contribution in [0.25, 0.3) is 21.5 Å². The quantitative estimate of drug-likeness (QED) is 0.136. The topological polar surface area (TPSA) is 166 Å². The molecule has 2 aliphatic rings. The van der Waals surface area contributed by atoms with Crippen molar-refractivity contribution in [2.45, 2.75) is 70.2 Å². The molecule has 5 rings (SSSR count). The van der Waals surface area contributed by atoms with Crippen LogP contribution in [0.2, 0.25) is 0 Å². The minimum absolute atomic E-state index is 0.00262. The van der Waals surface area contributed by atoms with Gasteiger partial charge >= 0.3 is 5.97 Å². The van der Waals surface area contributed by atoms with E-state index in [-0.39, 0.29) is 61.5 Å². The Labute approximate surface area is 288 Å². The molecule has 2 saturated heterocycles. The van der Waals surface area contributed by atoms with Crippen LogP contribution in [0.1, 0.15) is 54.4 Å². The van der Waals surface area contributed by atoms with Crippen molar-refractivity contribution in [1.82, 2.24) is 13.7 Å². The van der Waals surface area contributed by atoms with Crippen molar-refractivity contribution >= 4 is 58.9 Å². The second-order valence-corrected chi connectivity index (χ2v) is 18.4. The van der Waals surface area contributed by atoms with E-state index in [1.54, 1.807) is 13.8 Å². The van der Waals surface area contributed by atoms with Gasteiger partial charge in [0.2, 0.25) is 20.0 Å². The van der Waals surface area contributed by atoms with E-state index in [9.17, 15) is 31.6 Å². The number of rotatable bonds is 11. The number of carboxylic acids is 1. The van der Waals surface area contributed by atoms with Gasteiger partial charge in [0.1, 0.15) is 11.7 Å². The van der Waals surface area contributed by atoms with Gasteiger partial charge in [-0.3, -0.25) is 4.79 Å². The Morgan fingerprint density at radius 1 is 0.816 bits per heavy atom. The van der Waals surface area contributed by atoms with Gasteiger partial charge in [-0.15, -0.1) is 4.91 Å². The molecule has 49 heavy (non-hydrogen) atoms. The lowest BCUT2D eigenvalue weighted by Gasteiger charge is -2.34. The molecule has 0 aromatic heterocycles. The van der Waals surface area contributed by atoms with Crippen molar-refractivity contribution in [2.75, 3.05) is 38.7 Å². The highest BCUT2D eigenvalue weighted by Crippen LogP contribution is 2.44. The summed E-state index contributed by atoms with van der Waals surface area (Å²) in [5.41, 5.74) is 2.98. The fraction of sp³-hybridized carbons (Fsp3) is 0.559. The van der Waals surface area contributed by atoms with Gasteiger partial charge in [0.25, 0.3) is 0 Å². The maximum absolute atomic E-state index is 14.0. The van der Waals surface area contributed by atoms with Crippen molar-refractivity contribution < 1.29 is 31.7 Å². The van der Waals surface area contributed by atoms with E-state index in [4.69, 9.17) is 4.94 Å². The molecule has 2 aliphatic heterocycles. The third kappa shape index (κ3) is 7.33. The molecule has 0 spiro atoms. The van der Waals surface area contributed by atoms with Crippen LogP contribution in [-0.4, -0.2) is 80.9 Å². The van der Waals surface area contributed by atoms with Crippen LogP contribution >= 0.6 is 0 Å². The fourth-order valence-corrected chi connectivity index (χ4v) is 11.0. The van der Waals surface area contributed by atoms with Crippen LogP contribution in [0.3, 0.4) is 0 Å². The van der Waals surface area contributed by atoms with E-state index in [1.165, 1.54) is 52.1 Å². The maximum atomic E-state index is 14.0. The zero-order valence-corrected chi connectivity index (χ0v) is 30.7. The monoisotopic (exact) mass is 717 g/mol. The second kappa shape index (κ2) is 14.2. The molecular formula is C34H47N5O8S2. The normalized spacial score (nSPS) is 23.7. The average Bonchev–Trinajstić information content (AvgIpc) is 3.01. The summed E-state index contributed by atoms with van der Waals surface area (Å²) in [5.74, 6) is -0.787. The molecule has 3 aromatic rings.